The number of piperazine rings is 1. The number of nitrogens with one attached hydrogen (secondary N) is 1. The fourth-order valence-corrected chi connectivity index (χ4v) is 2.07. The number of rotatable bonds is 2. The molecule has 2 rings (SSSR count). The van der Waals surface area contributed by atoms with Crippen molar-refractivity contribution in [2.24, 2.45) is 16.5 Å². The number of halogens is 1. The number of hydrogen-bond donors (Lipinski definition) is 4. The van der Waals surface area contributed by atoms with E-state index in [0.717, 1.165) is 26.2 Å². The number of amides is 1. The van der Waals surface area contributed by atoms with Gasteiger partial charge in [0.15, 0.2) is 28.4 Å². The molecule has 0 unspecified atom stereocenters. The van der Waals surface area contributed by atoms with Gasteiger partial charge in [-0.1, -0.05) is 11.6 Å². The number of nitrogens with two attached hydrogens (primary N) is 3. The maximum atomic E-state index is 11.7. The SMILES string of the molecule is NC(N)=NC(=O)c1nc(Cl)c(N2CCNCC2)nc1N. The topological polar surface area (TPSA) is 149 Å². The van der Waals surface area contributed by atoms with Gasteiger partial charge in [0.05, 0.1) is 0 Å². The Morgan fingerprint density at radius 1 is 1.30 bits per heavy atom. The third-order valence-corrected chi connectivity index (χ3v) is 2.97. The minimum atomic E-state index is -0.774. The first-order chi connectivity index (χ1) is 9.49. The summed E-state index contributed by atoms with van der Waals surface area (Å²) in [7, 11) is 0. The quantitative estimate of drug-likeness (QED) is 0.382. The first-order valence-electron chi connectivity index (χ1n) is 5.91. The van der Waals surface area contributed by atoms with Crippen LogP contribution in [0.1, 0.15) is 10.5 Å². The lowest BCUT2D eigenvalue weighted by molar-refractivity contribution is 0.0998. The molecule has 9 nitrogen and oxygen atoms in total. The van der Waals surface area contributed by atoms with E-state index in [1.165, 1.54) is 0 Å². The predicted molar refractivity (Wildman–Crippen MR) is 76.7 cm³/mol. The number of aliphatic imine (C=N–C) groups is 1. The Bertz CT molecular complexity index is 550. The Hall–Kier alpha value is -2.13. The van der Waals surface area contributed by atoms with Gasteiger partial charge in [0.25, 0.3) is 0 Å². The van der Waals surface area contributed by atoms with Crippen LogP contribution in [0.5, 0.6) is 0 Å². The van der Waals surface area contributed by atoms with Crippen molar-refractivity contribution in [2.45, 2.75) is 0 Å². The molecule has 0 aromatic carbocycles. The van der Waals surface area contributed by atoms with E-state index in [-0.39, 0.29) is 22.6 Å². The van der Waals surface area contributed by atoms with Crippen LogP contribution in [0.4, 0.5) is 11.6 Å². The highest BCUT2D eigenvalue weighted by atomic mass is 35.5. The molecule has 0 radical (unpaired) electrons. The molecule has 0 atom stereocenters. The molecule has 0 spiro atoms. The molecule has 1 amide bonds. The van der Waals surface area contributed by atoms with Crippen molar-refractivity contribution in [2.75, 3.05) is 36.8 Å². The summed E-state index contributed by atoms with van der Waals surface area (Å²) < 4.78 is 0. The Morgan fingerprint density at radius 2 is 1.95 bits per heavy atom. The Kier molecular flexibility index (Phi) is 4.20. The second kappa shape index (κ2) is 5.88. The second-order valence-corrected chi connectivity index (χ2v) is 4.51. The van der Waals surface area contributed by atoms with Gasteiger partial charge in [-0.25, -0.2) is 9.97 Å². The summed E-state index contributed by atoms with van der Waals surface area (Å²) in [6, 6.07) is 0. The zero-order valence-electron chi connectivity index (χ0n) is 10.6. The van der Waals surface area contributed by atoms with Crippen LogP contribution in [-0.4, -0.2) is 48.0 Å². The number of carbonyl (C=O) groups excluding carboxylic acids is 1. The molecule has 0 bridgehead atoms. The summed E-state index contributed by atoms with van der Waals surface area (Å²) in [4.78, 5) is 25.1. The minimum Gasteiger partial charge on any atom is -0.382 e. The van der Waals surface area contributed by atoms with E-state index < -0.39 is 5.91 Å². The first-order valence-corrected chi connectivity index (χ1v) is 6.29. The van der Waals surface area contributed by atoms with Crippen molar-refractivity contribution >= 4 is 35.1 Å². The van der Waals surface area contributed by atoms with Gasteiger partial charge in [0.1, 0.15) is 0 Å². The van der Waals surface area contributed by atoms with Gasteiger partial charge >= 0.3 is 5.91 Å². The molecule has 0 aliphatic carbocycles. The number of anilines is 2. The lowest BCUT2D eigenvalue weighted by atomic mass is 10.3. The largest absolute Gasteiger partial charge is 0.382 e. The average Bonchev–Trinajstić information content (AvgIpc) is 2.41. The average molecular weight is 299 g/mol. The molecule has 1 aromatic heterocycles. The van der Waals surface area contributed by atoms with Gasteiger partial charge in [0.2, 0.25) is 0 Å². The number of nitrogens with zero attached hydrogens (tertiary/aromatic N) is 4. The molecule has 1 fully saturated rings. The maximum absolute atomic E-state index is 11.7. The molecule has 108 valence electrons. The van der Waals surface area contributed by atoms with Crippen LogP contribution < -0.4 is 27.4 Å². The maximum Gasteiger partial charge on any atom is 0.302 e. The normalized spacial score (nSPS) is 14.9. The predicted octanol–water partition coefficient (Wildman–Crippen LogP) is -1.46. The highest BCUT2D eigenvalue weighted by molar-refractivity contribution is 6.32. The van der Waals surface area contributed by atoms with E-state index in [9.17, 15) is 4.79 Å². The molecule has 1 aromatic rings. The van der Waals surface area contributed by atoms with Crippen LogP contribution in [0.15, 0.2) is 4.99 Å². The van der Waals surface area contributed by atoms with Crippen LogP contribution >= 0.6 is 11.6 Å². The summed E-state index contributed by atoms with van der Waals surface area (Å²) in [5.41, 5.74) is 15.8. The van der Waals surface area contributed by atoms with E-state index in [0.29, 0.717) is 5.82 Å². The fourth-order valence-electron chi connectivity index (χ4n) is 1.82. The molecule has 1 aliphatic heterocycles. The van der Waals surface area contributed by atoms with Crippen LogP contribution in [0.3, 0.4) is 0 Å². The van der Waals surface area contributed by atoms with Crippen LogP contribution in [0.2, 0.25) is 5.15 Å². The van der Waals surface area contributed by atoms with Crippen molar-refractivity contribution in [3.63, 3.8) is 0 Å². The van der Waals surface area contributed by atoms with Crippen molar-refractivity contribution in [1.29, 1.82) is 0 Å². The van der Waals surface area contributed by atoms with Crippen molar-refractivity contribution < 1.29 is 4.79 Å². The summed E-state index contributed by atoms with van der Waals surface area (Å²) in [6.45, 7) is 3.09. The zero-order chi connectivity index (χ0) is 14.7. The van der Waals surface area contributed by atoms with Crippen molar-refractivity contribution in [3.05, 3.63) is 10.8 Å². The zero-order valence-corrected chi connectivity index (χ0v) is 11.4. The summed E-state index contributed by atoms with van der Waals surface area (Å²) >= 11 is 6.06. The molecule has 20 heavy (non-hydrogen) atoms. The molecule has 2 heterocycles. The fraction of sp³-hybridized carbons (Fsp3) is 0.400. The van der Waals surface area contributed by atoms with Gasteiger partial charge in [-0.2, -0.15) is 4.99 Å². The monoisotopic (exact) mass is 298 g/mol. The molecule has 1 saturated heterocycles. The summed E-state index contributed by atoms with van der Waals surface area (Å²) in [6.07, 6.45) is 0. The van der Waals surface area contributed by atoms with Crippen molar-refractivity contribution in [1.82, 2.24) is 15.3 Å². The van der Waals surface area contributed by atoms with Gasteiger partial charge in [0, 0.05) is 26.2 Å². The van der Waals surface area contributed by atoms with Crippen LogP contribution in [-0.2, 0) is 0 Å². The first kappa shape index (κ1) is 14.3. The second-order valence-electron chi connectivity index (χ2n) is 4.15. The van der Waals surface area contributed by atoms with Gasteiger partial charge < -0.3 is 27.4 Å². The van der Waals surface area contributed by atoms with Gasteiger partial charge in [-0.3, -0.25) is 4.79 Å². The van der Waals surface area contributed by atoms with E-state index in [2.05, 4.69) is 20.3 Å². The Labute approximate surface area is 120 Å². The Balaban J connectivity index is 2.33. The minimum absolute atomic E-state index is 0.0575. The highest BCUT2D eigenvalue weighted by Crippen LogP contribution is 2.24. The van der Waals surface area contributed by atoms with E-state index in [1.54, 1.807) is 0 Å². The summed E-state index contributed by atoms with van der Waals surface area (Å²) in [5.74, 6) is -0.757. The number of carbonyl (C=O) groups is 1. The van der Waals surface area contributed by atoms with Gasteiger partial charge in [-0.05, 0) is 0 Å². The standard InChI is InChI=1S/C10H15ClN8O/c11-6-8(19-3-1-15-2-4-19)17-7(12)5(16-6)9(20)18-10(13)14/h15H,1-4H2,(H2,12,17)(H4,13,14,18,20). The molecule has 0 saturated carbocycles. The van der Waals surface area contributed by atoms with E-state index in [1.807, 2.05) is 4.90 Å². The Morgan fingerprint density at radius 3 is 2.55 bits per heavy atom. The molecule has 10 heteroatoms. The van der Waals surface area contributed by atoms with E-state index >= 15 is 0 Å². The third kappa shape index (κ3) is 3.06. The summed E-state index contributed by atoms with van der Waals surface area (Å²) in [5, 5.41) is 3.30. The molecular formula is C10H15ClN8O. The molecule has 1 aliphatic rings. The number of hydrogen-bond acceptors (Lipinski definition) is 6. The van der Waals surface area contributed by atoms with Gasteiger partial charge in [-0.15, -0.1) is 0 Å². The number of guanidine groups is 1. The van der Waals surface area contributed by atoms with Crippen molar-refractivity contribution in [3.8, 4) is 0 Å². The number of aromatic nitrogens is 2. The lowest BCUT2D eigenvalue weighted by Gasteiger charge is -2.28. The van der Waals surface area contributed by atoms with Crippen LogP contribution in [0, 0.1) is 0 Å². The van der Waals surface area contributed by atoms with E-state index in [4.69, 9.17) is 28.8 Å². The third-order valence-electron chi connectivity index (χ3n) is 2.71. The number of nitrogen functional groups attached to an aromatic ring is 1. The lowest BCUT2D eigenvalue weighted by Crippen LogP contribution is -2.44. The smallest absolute Gasteiger partial charge is 0.302 e. The van der Waals surface area contributed by atoms with Crippen LogP contribution in [0.25, 0.3) is 0 Å². The highest BCUT2D eigenvalue weighted by Gasteiger charge is 2.21. The molecule has 7 N–H and O–H groups in total. The molecular weight excluding hydrogens is 284 g/mol.